The molecule has 3 rings (SSSR count). The molecule has 2 aromatic carbocycles. The van der Waals surface area contributed by atoms with Gasteiger partial charge in [0.15, 0.2) is 0 Å². The van der Waals surface area contributed by atoms with Gasteiger partial charge in [-0.1, -0.05) is 48.0 Å². The highest BCUT2D eigenvalue weighted by molar-refractivity contribution is 6.30. The Hall–Kier alpha value is -3.12. The van der Waals surface area contributed by atoms with Gasteiger partial charge in [-0.2, -0.15) is 5.10 Å². The van der Waals surface area contributed by atoms with Crippen LogP contribution in [0.3, 0.4) is 0 Å². The monoisotopic (exact) mass is 424 g/mol. The van der Waals surface area contributed by atoms with Crippen LogP contribution in [0.1, 0.15) is 33.1 Å². The van der Waals surface area contributed by atoms with Crippen LogP contribution in [0.15, 0.2) is 60.7 Å². The fraction of sp³-hybridized carbons (Fsp3) is 0.261. The summed E-state index contributed by atoms with van der Waals surface area (Å²) in [6, 6.07) is 18.9. The van der Waals surface area contributed by atoms with E-state index in [1.165, 1.54) is 0 Å². The molecule has 1 heterocycles. The van der Waals surface area contributed by atoms with Crippen molar-refractivity contribution in [3.05, 3.63) is 65.7 Å². The molecule has 1 aromatic heterocycles. The number of carbonyl (C=O) groups is 2. The van der Waals surface area contributed by atoms with Crippen molar-refractivity contribution >= 4 is 29.2 Å². The van der Waals surface area contributed by atoms with Crippen LogP contribution < -0.4 is 10.6 Å². The third-order valence-corrected chi connectivity index (χ3v) is 4.59. The third kappa shape index (κ3) is 5.94. The lowest BCUT2D eigenvalue weighted by atomic mass is 10.1. The number of aromatic nitrogens is 2. The second-order valence-corrected chi connectivity index (χ2v) is 7.73. The molecule has 2 N–H and O–H groups in total. The average molecular weight is 425 g/mol. The van der Waals surface area contributed by atoms with Crippen molar-refractivity contribution in [1.29, 1.82) is 0 Å². The summed E-state index contributed by atoms with van der Waals surface area (Å²) >= 11 is 6.14. The lowest BCUT2D eigenvalue weighted by Crippen LogP contribution is -2.30. The van der Waals surface area contributed by atoms with Gasteiger partial charge in [0.2, 0.25) is 11.8 Å². The number of hydrogen-bond acceptors (Lipinski definition) is 3. The van der Waals surface area contributed by atoms with Crippen LogP contribution >= 0.6 is 11.6 Å². The molecule has 156 valence electrons. The van der Waals surface area contributed by atoms with Gasteiger partial charge in [0.05, 0.1) is 11.4 Å². The number of hydrogen-bond donors (Lipinski definition) is 2. The molecule has 0 aliphatic carbocycles. The SMILES string of the molecule is CC(C)NC(=O)CCCC(=O)Nc1cc(-c2ccccc2)nn1-c1cccc(Cl)c1. The number of rotatable bonds is 8. The Bertz CT molecular complexity index is 1020. The summed E-state index contributed by atoms with van der Waals surface area (Å²) in [6.45, 7) is 3.82. The van der Waals surface area contributed by atoms with Crippen LogP contribution in [0.25, 0.3) is 16.9 Å². The van der Waals surface area contributed by atoms with Gasteiger partial charge < -0.3 is 10.6 Å². The fourth-order valence-electron chi connectivity index (χ4n) is 3.03. The summed E-state index contributed by atoms with van der Waals surface area (Å²) in [5.41, 5.74) is 2.43. The highest BCUT2D eigenvalue weighted by Gasteiger charge is 2.14. The maximum Gasteiger partial charge on any atom is 0.225 e. The van der Waals surface area contributed by atoms with Gasteiger partial charge in [-0.15, -0.1) is 0 Å². The molecule has 30 heavy (non-hydrogen) atoms. The average Bonchev–Trinajstić information content (AvgIpc) is 3.12. The first-order valence-corrected chi connectivity index (χ1v) is 10.3. The smallest absolute Gasteiger partial charge is 0.225 e. The molecule has 0 unspecified atom stereocenters. The minimum atomic E-state index is -0.171. The summed E-state index contributed by atoms with van der Waals surface area (Å²) in [6.07, 6.45) is 1.03. The van der Waals surface area contributed by atoms with Gasteiger partial charge in [0, 0.05) is 35.5 Å². The maximum atomic E-state index is 12.5. The summed E-state index contributed by atoms with van der Waals surface area (Å²) in [5.74, 6) is 0.330. The lowest BCUT2D eigenvalue weighted by molar-refractivity contribution is -0.121. The van der Waals surface area contributed by atoms with E-state index in [-0.39, 0.29) is 24.3 Å². The molecule has 3 aromatic rings. The highest BCUT2D eigenvalue weighted by Crippen LogP contribution is 2.26. The minimum absolute atomic E-state index is 0.0480. The van der Waals surface area contributed by atoms with Gasteiger partial charge in [-0.25, -0.2) is 4.68 Å². The van der Waals surface area contributed by atoms with Crippen LogP contribution in [0.2, 0.25) is 5.02 Å². The zero-order valence-electron chi connectivity index (χ0n) is 17.1. The molecule has 2 amide bonds. The normalized spacial score (nSPS) is 10.8. The predicted molar refractivity (Wildman–Crippen MR) is 120 cm³/mol. The largest absolute Gasteiger partial charge is 0.354 e. The molecule has 0 spiro atoms. The lowest BCUT2D eigenvalue weighted by Gasteiger charge is -2.10. The van der Waals surface area contributed by atoms with Crippen molar-refractivity contribution < 1.29 is 9.59 Å². The molecule has 7 heteroatoms. The fourth-order valence-corrected chi connectivity index (χ4v) is 3.22. The van der Waals surface area contributed by atoms with E-state index in [9.17, 15) is 9.59 Å². The Morgan fingerprint density at radius 3 is 2.43 bits per heavy atom. The number of amides is 2. The topological polar surface area (TPSA) is 76.0 Å². The molecular weight excluding hydrogens is 400 g/mol. The zero-order valence-corrected chi connectivity index (χ0v) is 17.8. The quantitative estimate of drug-likeness (QED) is 0.544. The number of anilines is 1. The second kappa shape index (κ2) is 10.1. The molecule has 6 nitrogen and oxygen atoms in total. The van der Waals surface area contributed by atoms with Gasteiger partial charge in [0.1, 0.15) is 5.82 Å². The van der Waals surface area contributed by atoms with Crippen molar-refractivity contribution in [1.82, 2.24) is 15.1 Å². The summed E-state index contributed by atoms with van der Waals surface area (Å²) in [5, 5.41) is 11.0. The Kier molecular flexibility index (Phi) is 7.25. The number of nitrogens with one attached hydrogen (secondary N) is 2. The van der Waals surface area contributed by atoms with Crippen LogP contribution in [-0.2, 0) is 9.59 Å². The first-order valence-electron chi connectivity index (χ1n) is 9.93. The standard InChI is InChI=1S/C23H25ClN4O2/c1-16(2)25-22(29)12-7-13-23(30)26-21-15-20(17-8-4-3-5-9-17)27-28(21)19-11-6-10-18(24)14-19/h3-6,8-11,14-16H,7,12-13H2,1-2H3,(H,25,29)(H,26,30). The zero-order chi connectivity index (χ0) is 21.5. The number of benzene rings is 2. The summed E-state index contributed by atoms with van der Waals surface area (Å²) in [4.78, 5) is 24.3. The molecular formula is C23H25ClN4O2. The van der Waals surface area contributed by atoms with Crippen molar-refractivity contribution in [2.75, 3.05) is 5.32 Å². The van der Waals surface area contributed by atoms with Crippen LogP contribution in [0.5, 0.6) is 0 Å². The predicted octanol–water partition coefficient (Wildman–Crippen LogP) is 4.83. The first kappa shape index (κ1) is 21.6. The Morgan fingerprint density at radius 2 is 1.73 bits per heavy atom. The van der Waals surface area contributed by atoms with Crippen LogP contribution in [0, 0.1) is 0 Å². The van der Waals surface area contributed by atoms with Crippen LogP contribution in [-0.4, -0.2) is 27.6 Å². The van der Waals surface area contributed by atoms with Crippen molar-refractivity contribution in [3.63, 3.8) is 0 Å². The van der Waals surface area contributed by atoms with E-state index in [1.807, 2.05) is 62.4 Å². The number of carbonyl (C=O) groups excluding carboxylic acids is 2. The van der Waals surface area contributed by atoms with E-state index in [0.717, 1.165) is 16.9 Å². The van der Waals surface area contributed by atoms with Gasteiger partial charge in [-0.05, 0) is 38.5 Å². The second-order valence-electron chi connectivity index (χ2n) is 7.30. The molecule has 0 bridgehead atoms. The Labute approximate surface area is 181 Å². The minimum Gasteiger partial charge on any atom is -0.354 e. The Balaban J connectivity index is 1.76. The van der Waals surface area contributed by atoms with Gasteiger partial charge >= 0.3 is 0 Å². The Morgan fingerprint density at radius 1 is 1.00 bits per heavy atom. The molecule has 0 saturated carbocycles. The third-order valence-electron chi connectivity index (χ3n) is 4.36. The molecule has 0 saturated heterocycles. The maximum absolute atomic E-state index is 12.5. The number of nitrogens with zero attached hydrogens (tertiary/aromatic N) is 2. The molecule has 0 aliphatic rings. The van der Waals surface area contributed by atoms with Crippen molar-refractivity contribution in [2.45, 2.75) is 39.2 Å². The molecule has 0 aliphatic heterocycles. The van der Waals surface area contributed by atoms with E-state index < -0.39 is 0 Å². The van der Waals surface area contributed by atoms with Crippen molar-refractivity contribution in [2.24, 2.45) is 0 Å². The summed E-state index contributed by atoms with van der Waals surface area (Å²) < 4.78 is 1.66. The van der Waals surface area contributed by atoms with E-state index in [1.54, 1.807) is 16.8 Å². The molecule has 0 radical (unpaired) electrons. The molecule has 0 atom stereocenters. The van der Waals surface area contributed by atoms with Gasteiger partial charge in [-0.3, -0.25) is 9.59 Å². The van der Waals surface area contributed by atoms with E-state index >= 15 is 0 Å². The number of halogens is 1. The van der Waals surface area contributed by atoms with Crippen molar-refractivity contribution in [3.8, 4) is 16.9 Å². The van der Waals surface area contributed by atoms with E-state index in [4.69, 9.17) is 11.6 Å². The highest BCUT2D eigenvalue weighted by atomic mass is 35.5. The summed E-state index contributed by atoms with van der Waals surface area (Å²) in [7, 11) is 0. The van der Waals surface area contributed by atoms with E-state index in [2.05, 4.69) is 15.7 Å². The van der Waals surface area contributed by atoms with Crippen LogP contribution in [0.4, 0.5) is 5.82 Å². The first-order chi connectivity index (χ1) is 14.4. The van der Waals surface area contributed by atoms with E-state index in [0.29, 0.717) is 23.7 Å². The molecule has 0 fully saturated rings. The van der Waals surface area contributed by atoms with Gasteiger partial charge in [0.25, 0.3) is 0 Å².